The Morgan fingerprint density at radius 1 is 1.41 bits per heavy atom. The molecule has 0 unspecified atom stereocenters. The topological polar surface area (TPSA) is 49.3 Å². The van der Waals surface area contributed by atoms with Gasteiger partial charge >= 0.3 is 0 Å². The molecule has 2 N–H and O–H groups in total. The number of rotatable bonds is 7. The van der Waals surface area contributed by atoms with Crippen molar-refractivity contribution in [3.05, 3.63) is 29.8 Å². The molecule has 0 aliphatic heterocycles. The van der Waals surface area contributed by atoms with Gasteiger partial charge in [-0.15, -0.1) is 0 Å². The quantitative estimate of drug-likeness (QED) is 0.734. The zero-order chi connectivity index (χ0) is 12.5. The lowest BCUT2D eigenvalue weighted by Gasteiger charge is -2.08. The Kier molecular flexibility index (Phi) is 6.74. The van der Waals surface area contributed by atoms with Crippen molar-refractivity contribution < 1.29 is 9.90 Å². The maximum atomic E-state index is 11.6. The molecule has 0 bridgehead atoms. The van der Waals surface area contributed by atoms with Crippen molar-refractivity contribution in [2.75, 3.05) is 16.8 Å². The van der Waals surface area contributed by atoms with Crippen LogP contribution in [0.5, 0.6) is 0 Å². The van der Waals surface area contributed by atoms with E-state index in [0.29, 0.717) is 11.4 Å². The van der Waals surface area contributed by atoms with Crippen LogP contribution in [0.15, 0.2) is 24.3 Å². The minimum atomic E-state index is -0.0561. The highest BCUT2D eigenvalue weighted by atomic mass is 32.2. The molecule has 0 spiro atoms. The first kappa shape index (κ1) is 14.1. The molecule has 0 fully saturated rings. The van der Waals surface area contributed by atoms with Gasteiger partial charge in [-0.25, -0.2) is 0 Å². The van der Waals surface area contributed by atoms with E-state index in [1.54, 1.807) is 23.9 Å². The maximum Gasteiger partial charge on any atom is 0.234 e. The van der Waals surface area contributed by atoms with Crippen LogP contribution in [0.2, 0.25) is 0 Å². The smallest absolute Gasteiger partial charge is 0.234 e. The van der Waals surface area contributed by atoms with Crippen LogP contribution < -0.4 is 5.32 Å². The molecule has 4 heteroatoms. The second-order valence-corrected chi connectivity index (χ2v) is 4.87. The predicted molar refractivity (Wildman–Crippen MR) is 73.2 cm³/mol. The minimum Gasteiger partial charge on any atom is -0.392 e. The normalized spacial score (nSPS) is 10.2. The van der Waals surface area contributed by atoms with Crippen LogP contribution in [0.25, 0.3) is 0 Å². The Balaban J connectivity index is 2.39. The zero-order valence-corrected chi connectivity index (χ0v) is 10.9. The van der Waals surface area contributed by atoms with E-state index in [2.05, 4.69) is 12.2 Å². The van der Waals surface area contributed by atoms with Crippen LogP contribution in [0.3, 0.4) is 0 Å². The third-order valence-corrected chi connectivity index (χ3v) is 3.38. The number of anilines is 1. The maximum absolute atomic E-state index is 11.6. The molecule has 1 aromatic carbocycles. The van der Waals surface area contributed by atoms with E-state index in [0.717, 1.165) is 24.2 Å². The number of thioether (sulfide) groups is 1. The summed E-state index contributed by atoms with van der Waals surface area (Å²) in [6.07, 6.45) is 2.30. The highest BCUT2D eigenvalue weighted by molar-refractivity contribution is 7.99. The molecule has 3 nitrogen and oxygen atoms in total. The summed E-state index contributed by atoms with van der Waals surface area (Å²) in [5.41, 5.74) is 1.45. The Bertz CT molecular complexity index is 355. The van der Waals surface area contributed by atoms with Crippen molar-refractivity contribution >= 4 is 23.4 Å². The van der Waals surface area contributed by atoms with Gasteiger partial charge in [-0.2, -0.15) is 11.8 Å². The minimum absolute atomic E-state index is 0.00740. The van der Waals surface area contributed by atoms with Gasteiger partial charge in [0.2, 0.25) is 5.91 Å². The van der Waals surface area contributed by atoms with Gasteiger partial charge in [0.05, 0.1) is 12.4 Å². The van der Waals surface area contributed by atoms with Crippen molar-refractivity contribution in [1.82, 2.24) is 0 Å². The van der Waals surface area contributed by atoms with Gasteiger partial charge in [0.15, 0.2) is 0 Å². The third kappa shape index (κ3) is 5.24. The van der Waals surface area contributed by atoms with Crippen LogP contribution in [-0.4, -0.2) is 22.5 Å². The Morgan fingerprint density at radius 2 is 2.18 bits per heavy atom. The fourth-order valence-corrected chi connectivity index (χ4v) is 2.27. The lowest BCUT2D eigenvalue weighted by Crippen LogP contribution is -2.15. The Morgan fingerprint density at radius 3 is 2.88 bits per heavy atom. The van der Waals surface area contributed by atoms with Gasteiger partial charge in [-0.1, -0.05) is 31.5 Å². The summed E-state index contributed by atoms with van der Waals surface area (Å²) >= 11 is 1.64. The number of unbranched alkanes of at least 4 members (excludes halogenated alkanes) is 1. The zero-order valence-electron chi connectivity index (χ0n) is 10.1. The van der Waals surface area contributed by atoms with Crippen molar-refractivity contribution in [3.63, 3.8) is 0 Å². The van der Waals surface area contributed by atoms with E-state index in [4.69, 9.17) is 5.11 Å². The fourth-order valence-electron chi connectivity index (χ4n) is 1.38. The van der Waals surface area contributed by atoms with E-state index < -0.39 is 0 Å². The number of hydrogen-bond donors (Lipinski definition) is 2. The molecule has 17 heavy (non-hydrogen) atoms. The number of carbonyl (C=O) groups is 1. The van der Waals surface area contributed by atoms with Crippen molar-refractivity contribution in [2.45, 2.75) is 26.4 Å². The monoisotopic (exact) mass is 253 g/mol. The first-order valence-corrected chi connectivity index (χ1v) is 6.99. The van der Waals surface area contributed by atoms with Crippen LogP contribution in [0.1, 0.15) is 25.3 Å². The first-order chi connectivity index (χ1) is 8.27. The van der Waals surface area contributed by atoms with Crippen molar-refractivity contribution in [3.8, 4) is 0 Å². The van der Waals surface area contributed by atoms with Crippen LogP contribution in [-0.2, 0) is 11.4 Å². The summed E-state index contributed by atoms with van der Waals surface area (Å²) in [6, 6.07) is 7.30. The van der Waals surface area contributed by atoms with Crippen molar-refractivity contribution in [2.24, 2.45) is 0 Å². The van der Waals surface area contributed by atoms with Gasteiger partial charge in [0.25, 0.3) is 0 Å². The number of amides is 1. The molecule has 0 aliphatic rings. The van der Waals surface area contributed by atoms with Gasteiger partial charge in [0, 0.05) is 11.3 Å². The molecular formula is C13H19NO2S. The van der Waals surface area contributed by atoms with E-state index in [-0.39, 0.29) is 12.5 Å². The van der Waals surface area contributed by atoms with Gasteiger partial charge in [0.1, 0.15) is 0 Å². The third-order valence-electron chi connectivity index (χ3n) is 2.34. The van der Waals surface area contributed by atoms with E-state index in [1.165, 1.54) is 0 Å². The largest absolute Gasteiger partial charge is 0.392 e. The Hall–Kier alpha value is -1.00. The Labute approximate surface area is 107 Å². The highest BCUT2D eigenvalue weighted by Gasteiger charge is 2.05. The summed E-state index contributed by atoms with van der Waals surface area (Å²) in [5, 5.41) is 11.9. The second-order valence-electron chi connectivity index (χ2n) is 3.77. The molecule has 1 amide bonds. The molecule has 0 saturated heterocycles. The standard InChI is InChI=1S/C13H19NO2S/c1-2-3-8-17-10-13(16)14-12-7-5-4-6-11(12)9-15/h4-7,15H,2-3,8-10H2,1H3,(H,14,16). The molecule has 94 valence electrons. The lowest BCUT2D eigenvalue weighted by atomic mass is 10.2. The number of carbonyl (C=O) groups excluding carboxylic acids is 1. The molecule has 0 aliphatic carbocycles. The molecular weight excluding hydrogens is 234 g/mol. The number of aliphatic hydroxyl groups excluding tert-OH is 1. The number of hydrogen-bond acceptors (Lipinski definition) is 3. The van der Waals surface area contributed by atoms with Crippen LogP contribution in [0, 0.1) is 0 Å². The van der Waals surface area contributed by atoms with E-state index in [9.17, 15) is 4.79 Å². The second kappa shape index (κ2) is 8.14. The van der Waals surface area contributed by atoms with E-state index >= 15 is 0 Å². The fraction of sp³-hybridized carbons (Fsp3) is 0.462. The number of aliphatic hydroxyl groups is 1. The highest BCUT2D eigenvalue weighted by Crippen LogP contribution is 2.15. The molecule has 0 atom stereocenters. The summed E-state index contributed by atoms with van der Waals surface area (Å²) in [5.74, 6) is 1.48. The number of benzene rings is 1. The predicted octanol–water partition coefficient (Wildman–Crippen LogP) is 2.65. The first-order valence-electron chi connectivity index (χ1n) is 5.84. The molecule has 0 saturated carbocycles. The SMILES string of the molecule is CCCCSCC(=O)Nc1ccccc1CO. The van der Waals surface area contributed by atoms with Gasteiger partial charge < -0.3 is 10.4 Å². The van der Waals surface area contributed by atoms with Crippen LogP contribution in [0.4, 0.5) is 5.69 Å². The van der Waals surface area contributed by atoms with Crippen molar-refractivity contribution in [1.29, 1.82) is 0 Å². The number of para-hydroxylation sites is 1. The van der Waals surface area contributed by atoms with Crippen LogP contribution >= 0.6 is 11.8 Å². The van der Waals surface area contributed by atoms with Gasteiger partial charge in [-0.3, -0.25) is 4.79 Å². The summed E-state index contributed by atoms with van der Waals surface area (Å²) < 4.78 is 0. The summed E-state index contributed by atoms with van der Waals surface area (Å²) in [4.78, 5) is 11.6. The average molecular weight is 253 g/mol. The summed E-state index contributed by atoms with van der Waals surface area (Å²) in [6.45, 7) is 2.08. The molecule has 0 aromatic heterocycles. The molecule has 0 radical (unpaired) electrons. The molecule has 1 aromatic rings. The van der Waals surface area contributed by atoms with Gasteiger partial charge in [-0.05, 0) is 18.2 Å². The molecule has 1 rings (SSSR count). The number of nitrogens with one attached hydrogen (secondary N) is 1. The lowest BCUT2D eigenvalue weighted by molar-refractivity contribution is -0.113. The van der Waals surface area contributed by atoms with E-state index in [1.807, 2.05) is 12.1 Å². The summed E-state index contributed by atoms with van der Waals surface area (Å²) in [7, 11) is 0. The molecule has 0 heterocycles. The average Bonchev–Trinajstić information content (AvgIpc) is 2.35.